The fourth-order valence-electron chi connectivity index (χ4n) is 1.00. The number of hydrogen-bond acceptors (Lipinski definition) is 3. The molecule has 0 bridgehead atoms. The summed E-state index contributed by atoms with van der Waals surface area (Å²) < 4.78 is 0. The zero-order chi connectivity index (χ0) is 10.4. The molecule has 1 heterocycles. The van der Waals surface area contributed by atoms with Gasteiger partial charge in [-0.1, -0.05) is 6.07 Å². The summed E-state index contributed by atoms with van der Waals surface area (Å²) in [7, 11) is 0. The Morgan fingerprint density at radius 1 is 1.64 bits per heavy atom. The maximum Gasteiger partial charge on any atom is 0.230 e. The van der Waals surface area contributed by atoms with Gasteiger partial charge in [0.05, 0.1) is 5.75 Å². The monoisotopic (exact) mass is 229 g/mol. The molecule has 0 radical (unpaired) electrons. The van der Waals surface area contributed by atoms with Gasteiger partial charge in [0.25, 0.3) is 0 Å². The average Bonchev–Trinajstić information content (AvgIpc) is 2.55. The van der Waals surface area contributed by atoms with Gasteiger partial charge in [0.1, 0.15) is 0 Å². The molecule has 1 aromatic heterocycles. The average molecular weight is 229 g/mol. The van der Waals surface area contributed by atoms with E-state index in [2.05, 4.69) is 16.8 Å². The lowest BCUT2D eigenvalue weighted by Gasteiger charge is -2.07. The maximum absolute atomic E-state index is 11.3. The topological polar surface area (TPSA) is 29.1 Å². The highest BCUT2D eigenvalue weighted by Crippen LogP contribution is 2.16. The van der Waals surface area contributed by atoms with Gasteiger partial charge >= 0.3 is 0 Å². The van der Waals surface area contributed by atoms with Crippen molar-refractivity contribution in [3.05, 3.63) is 22.4 Å². The molecule has 0 unspecified atom stereocenters. The van der Waals surface area contributed by atoms with Crippen LogP contribution in [0.2, 0.25) is 0 Å². The molecule has 0 saturated carbocycles. The third kappa shape index (κ3) is 4.67. The van der Waals surface area contributed by atoms with Crippen LogP contribution in [0, 0.1) is 0 Å². The predicted octanol–water partition coefficient (Wildman–Crippen LogP) is 2.51. The molecular formula is C10H15NOS2. The van der Waals surface area contributed by atoms with Gasteiger partial charge in [0.2, 0.25) is 5.91 Å². The molecule has 0 saturated heterocycles. The third-order valence-electron chi connectivity index (χ3n) is 1.51. The van der Waals surface area contributed by atoms with Crippen LogP contribution in [0.4, 0.5) is 0 Å². The number of carbonyl (C=O) groups is 1. The summed E-state index contributed by atoms with van der Waals surface area (Å²) in [4.78, 5) is 12.6. The second-order valence-electron chi connectivity index (χ2n) is 3.29. The van der Waals surface area contributed by atoms with E-state index in [-0.39, 0.29) is 11.9 Å². The van der Waals surface area contributed by atoms with E-state index in [0.29, 0.717) is 5.75 Å². The summed E-state index contributed by atoms with van der Waals surface area (Å²) in [5, 5.41) is 4.93. The summed E-state index contributed by atoms with van der Waals surface area (Å²) in [5.41, 5.74) is 0. The Labute approximate surface area is 93.1 Å². The molecule has 1 amide bonds. The van der Waals surface area contributed by atoms with Crippen LogP contribution in [0.5, 0.6) is 0 Å². The highest BCUT2D eigenvalue weighted by atomic mass is 32.2. The van der Waals surface area contributed by atoms with Gasteiger partial charge in [-0.2, -0.15) is 0 Å². The Bertz CT molecular complexity index is 270. The first-order chi connectivity index (χ1) is 6.68. The van der Waals surface area contributed by atoms with Crippen LogP contribution < -0.4 is 5.32 Å². The molecule has 78 valence electrons. The SMILES string of the molecule is CC(C)NC(=O)CSCc1cccs1. The first kappa shape index (κ1) is 11.6. The number of amides is 1. The van der Waals surface area contributed by atoms with Crippen LogP contribution in [0.25, 0.3) is 0 Å². The van der Waals surface area contributed by atoms with Crippen molar-refractivity contribution in [1.82, 2.24) is 5.32 Å². The summed E-state index contributed by atoms with van der Waals surface area (Å²) in [6.07, 6.45) is 0. The molecule has 1 aromatic rings. The second-order valence-corrected chi connectivity index (χ2v) is 5.31. The van der Waals surface area contributed by atoms with E-state index in [1.54, 1.807) is 23.1 Å². The minimum absolute atomic E-state index is 0.126. The van der Waals surface area contributed by atoms with Crippen LogP contribution >= 0.6 is 23.1 Å². The van der Waals surface area contributed by atoms with Crippen molar-refractivity contribution in [2.45, 2.75) is 25.6 Å². The van der Waals surface area contributed by atoms with Gasteiger partial charge in [-0.05, 0) is 25.3 Å². The first-order valence-electron chi connectivity index (χ1n) is 4.58. The van der Waals surface area contributed by atoms with Gasteiger partial charge in [-0.3, -0.25) is 4.79 Å². The Kier molecular flexibility index (Phi) is 5.04. The summed E-state index contributed by atoms with van der Waals surface area (Å²) in [6.45, 7) is 3.95. The molecule has 0 spiro atoms. The van der Waals surface area contributed by atoms with E-state index in [1.807, 2.05) is 19.9 Å². The lowest BCUT2D eigenvalue weighted by molar-refractivity contribution is -0.119. The van der Waals surface area contributed by atoms with Crippen molar-refractivity contribution >= 4 is 29.0 Å². The fraction of sp³-hybridized carbons (Fsp3) is 0.500. The summed E-state index contributed by atoms with van der Waals surface area (Å²) >= 11 is 3.40. The largest absolute Gasteiger partial charge is 0.353 e. The predicted molar refractivity (Wildman–Crippen MR) is 63.8 cm³/mol. The Morgan fingerprint density at radius 2 is 2.43 bits per heavy atom. The zero-order valence-electron chi connectivity index (χ0n) is 8.45. The quantitative estimate of drug-likeness (QED) is 0.840. The number of thiophene rings is 1. The minimum atomic E-state index is 0.126. The second kappa shape index (κ2) is 6.09. The van der Waals surface area contributed by atoms with Crippen molar-refractivity contribution in [3.8, 4) is 0 Å². The van der Waals surface area contributed by atoms with Gasteiger partial charge in [-0.15, -0.1) is 23.1 Å². The number of carbonyl (C=O) groups excluding carboxylic acids is 1. The summed E-state index contributed by atoms with van der Waals surface area (Å²) in [5.74, 6) is 1.61. The highest BCUT2D eigenvalue weighted by molar-refractivity contribution is 7.99. The number of nitrogens with one attached hydrogen (secondary N) is 1. The number of rotatable bonds is 5. The summed E-state index contributed by atoms with van der Waals surface area (Å²) in [6, 6.07) is 4.37. The van der Waals surface area contributed by atoms with Crippen LogP contribution in [0.3, 0.4) is 0 Å². The van der Waals surface area contributed by atoms with Crippen LogP contribution in [-0.4, -0.2) is 17.7 Å². The molecular weight excluding hydrogens is 214 g/mol. The Hall–Kier alpha value is -0.480. The molecule has 4 heteroatoms. The molecule has 0 atom stereocenters. The van der Waals surface area contributed by atoms with E-state index in [9.17, 15) is 4.79 Å². The minimum Gasteiger partial charge on any atom is -0.353 e. The lowest BCUT2D eigenvalue weighted by Crippen LogP contribution is -2.31. The molecule has 1 rings (SSSR count). The number of hydrogen-bond donors (Lipinski definition) is 1. The molecule has 0 aliphatic heterocycles. The van der Waals surface area contributed by atoms with Crippen LogP contribution in [0.15, 0.2) is 17.5 Å². The van der Waals surface area contributed by atoms with E-state index >= 15 is 0 Å². The third-order valence-corrected chi connectivity index (χ3v) is 3.55. The molecule has 1 N–H and O–H groups in total. The van der Waals surface area contributed by atoms with Gasteiger partial charge in [-0.25, -0.2) is 0 Å². The standard InChI is InChI=1S/C10H15NOS2/c1-8(2)11-10(12)7-13-6-9-4-3-5-14-9/h3-5,8H,6-7H2,1-2H3,(H,11,12). The molecule has 0 aliphatic rings. The van der Waals surface area contributed by atoms with Crippen molar-refractivity contribution in [3.63, 3.8) is 0 Å². The molecule has 0 aromatic carbocycles. The Morgan fingerprint density at radius 3 is 3.00 bits per heavy atom. The fourth-order valence-corrected chi connectivity index (χ4v) is 2.68. The first-order valence-corrected chi connectivity index (χ1v) is 6.61. The molecule has 0 aliphatic carbocycles. The van der Waals surface area contributed by atoms with Crippen molar-refractivity contribution < 1.29 is 4.79 Å². The van der Waals surface area contributed by atoms with Crippen molar-refractivity contribution in [2.24, 2.45) is 0 Å². The highest BCUT2D eigenvalue weighted by Gasteiger charge is 2.03. The molecule has 2 nitrogen and oxygen atoms in total. The van der Waals surface area contributed by atoms with Gasteiger partial charge in [0.15, 0.2) is 0 Å². The van der Waals surface area contributed by atoms with E-state index in [0.717, 1.165) is 5.75 Å². The van der Waals surface area contributed by atoms with Crippen LogP contribution in [-0.2, 0) is 10.5 Å². The van der Waals surface area contributed by atoms with Crippen molar-refractivity contribution in [1.29, 1.82) is 0 Å². The maximum atomic E-state index is 11.3. The Balaban J connectivity index is 2.12. The molecule has 0 fully saturated rings. The van der Waals surface area contributed by atoms with Gasteiger partial charge < -0.3 is 5.32 Å². The smallest absolute Gasteiger partial charge is 0.230 e. The van der Waals surface area contributed by atoms with Crippen molar-refractivity contribution in [2.75, 3.05) is 5.75 Å². The molecule has 14 heavy (non-hydrogen) atoms. The van der Waals surface area contributed by atoms with E-state index < -0.39 is 0 Å². The lowest BCUT2D eigenvalue weighted by atomic mass is 10.4. The van der Waals surface area contributed by atoms with E-state index in [1.165, 1.54) is 4.88 Å². The number of thioether (sulfide) groups is 1. The van der Waals surface area contributed by atoms with Gasteiger partial charge in [0, 0.05) is 16.7 Å². The zero-order valence-corrected chi connectivity index (χ0v) is 10.1. The van der Waals surface area contributed by atoms with Crippen LogP contribution in [0.1, 0.15) is 18.7 Å². The normalized spacial score (nSPS) is 10.5. The van der Waals surface area contributed by atoms with E-state index in [4.69, 9.17) is 0 Å².